The van der Waals surface area contributed by atoms with E-state index in [-0.39, 0.29) is 4.90 Å². The zero-order chi connectivity index (χ0) is 15.5. The van der Waals surface area contributed by atoms with Crippen LogP contribution < -0.4 is 9.46 Å². The van der Waals surface area contributed by atoms with Gasteiger partial charge in [0.1, 0.15) is 5.75 Å². The number of pyridine rings is 1. The fraction of sp³-hybridized carbons (Fsp3) is 0.0833. The van der Waals surface area contributed by atoms with Gasteiger partial charge in [0.05, 0.1) is 10.6 Å². The fourth-order valence-electron chi connectivity index (χ4n) is 1.45. The Morgan fingerprint density at radius 2 is 1.57 bits per heavy atom. The molecule has 0 bridgehead atoms. The Kier molecular flexibility index (Phi) is 4.03. The number of hydrogen-bond donors (Lipinski definition) is 1. The Hall–Kier alpha value is -2.29. The molecule has 0 saturated carbocycles. The summed E-state index contributed by atoms with van der Waals surface area (Å²) in [6.45, 7) is 0. The molecule has 5 nitrogen and oxygen atoms in total. The van der Waals surface area contributed by atoms with Gasteiger partial charge in [-0.25, -0.2) is 8.42 Å². The molecule has 1 aromatic carbocycles. The highest BCUT2D eigenvalue weighted by molar-refractivity contribution is 7.92. The van der Waals surface area contributed by atoms with Crippen LogP contribution in [0.4, 0.5) is 18.9 Å². The summed E-state index contributed by atoms with van der Waals surface area (Å²) >= 11 is 0. The van der Waals surface area contributed by atoms with Crippen LogP contribution in [0.25, 0.3) is 0 Å². The van der Waals surface area contributed by atoms with E-state index < -0.39 is 22.1 Å². The largest absolute Gasteiger partial charge is 0.573 e. The van der Waals surface area contributed by atoms with E-state index in [0.717, 1.165) is 24.3 Å². The number of benzene rings is 1. The third-order valence-electron chi connectivity index (χ3n) is 2.30. The van der Waals surface area contributed by atoms with Crippen LogP contribution in [0.2, 0.25) is 0 Å². The minimum atomic E-state index is -4.82. The highest BCUT2D eigenvalue weighted by Gasteiger charge is 2.31. The molecule has 9 heteroatoms. The first-order chi connectivity index (χ1) is 9.76. The van der Waals surface area contributed by atoms with E-state index >= 15 is 0 Å². The van der Waals surface area contributed by atoms with Crippen LogP contribution in [-0.2, 0) is 10.0 Å². The molecule has 1 aromatic heterocycles. The predicted molar refractivity (Wildman–Crippen MR) is 68.2 cm³/mol. The predicted octanol–water partition coefficient (Wildman–Crippen LogP) is 2.78. The molecule has 0 atom stereocenters. The molecular weight excluding hydrogens is 309 g/mol. The summed E-state index contributed by atoms with van der Waals surface area (Å²) < 4.78 is 66.0. The minimum Gasteiger partial charge on any atom is -0.406 e. The normalized spacial score (nSPS) is 12.0. The van der Waals surface area contributed by atoms with Gasteiger partial charge in [-0.1, -0.05) is 0 Å². The smallest absolute Gasteiger partial charge is 0.406 e. The van der Waals surface area contributed by atoms with E-state index in [4.69, 9.17) is 0 Å². The fourth-order valence-corrected chi connectivity index (χ4v) is 2.51. The maximum Gasteiger partial charge on any atom is 0.573 e. The van der Waals surface area contributed by atoms with Crippen molar-refractivity contribution in [1.82, 2.24) is 4.98 Å². The number of nitrogens with one attached hydrogen (secondary N) is 1. The number of halogens is 3. The van der Waals surface area contributed by atoms with Crippen molar-refractivity contribution in [3.8, 4) is 5.75 Å². The zero-order valence-electron chi connectivity index (χ0n) is 10.3. The van der Waals surface area contributed by atoms with Crippen molar-refractivity contribution < 1.29 is 26.3 Å². The first-order valence-corrected chi connectivity index (χ1v) is 7.03. The van der Waals surface area contributed by atoms with Gasteiger partial charge < -0.3 is 4.74 Å². The van der Waals surface area contributed by atoms with E-state index in [1.165, 1.54) is 24.5 Å². The first-order valence-electron chi connectivity index (χ1n) is 5.55. The van der Waals surface area contributed by atoms with Gasteiger partial charge in [-0.3, -0.25) is 9.71 Å². The van der Waals surface area contributed by atoms with Crippen LogP contribution in [0.5, 0.6) is 5.75 Å². The monoisotopic (exact) mass is 318 g/mol. The summed E-state index contributed by atoms with van der Waals surface area (Å²) in [5.41, 5.74) is 0.292. The Balaban J connectivity index is 2.18. The molecule has 0 spiro atoms. The summed E-state index contributed by atoms with van der Waals surface area (Å²) in [6.07, 6.45) is -2.02. The van der Waals surface area contributed by atoms with Crippen molar-refractivity contribution in [3.05, 3.63) is 48.8 Å². The maximum absolute atomic E-state index is 12.0. The van der Waals surface area contributed by atoms with Gasteiger partial charge >= 0.3 is 6.36 Å². The Morgan fingerprint density at radius 1 is 1.00 bits per heavy atom. The molecule has 2 aromatic rings. The van der Waals surface area contributed by atoms with Crippen molar-refractivity contribution >= 4 is 15.7 Å². The highest BCUT2D eigenvalue weighted by Crippen LogP contribution is 2.24. The highest BCUT2D eigenvalue weighted by atomic mass is 32.2. The van der Waals surface area contributed by atoms with Crippen LogP contribution in [-0.4, -0.2) is 19.8 Å². The third-order valence-corrected chi connectivity index (χ3v) is 3.70. The lowest BCUT2D eigenvalue weighted by Gasteiger charge is -2.10. The maximum atomic E-state index is 12.0. The lowest BCUT2D eigenvalue weighted by atomic mass is 10.3. The molecule has 2 rings (SSSR count). The number of nitrogens with zero attached hydrogens (tertiary/aromatic N) is 1. The molecule has 1 heterocycles. The number of hydrogen-bond acceptors (Lipinski definition) is 4. The second-order valence-electron chi connectivity index (χ2n) is 3.86. The molecule has 0 aliphatic carbocycles. The molecule has 0 saturated heterocycles. The van der Waals surface area contributed by atoms with Crippen molar-refractivity contribution in [2.75, 3.05) is 4.72 Å². The van der Waals surface area contributed by atoms with Crippen LogP contribution >= 0.6 is 0 Å². The number of aromatic nitrogens is 1. The average molecular weight is 318 g/mol. The molecule has 0 amide bonds. The Bertz CT molecular complexity index is 701. The average Bonchev–Trinajstić information content (AvgIpc) is 2.38. The first kappa shape index (κ1) is 15.1. The van der Waals surface area contributed by atoms with Gasteiger partial charge in [0.15, 0.2) is 0 Å². The lowest BCUT2D eigenvalue weighted by Crippen LogP contribution is -2.17. The molecule has 0 aliphatic heterocycles. The van der Waals surface area contributed by atoms with E-state index in [9.17, 15) is 21.6 Å². The summed E-state index contributed by atoms with van der Waals surface area (Å²) in [6, 6.07) is 6.77. The van der Waals surface area contributed by atoms with Crippen molar-refractivity contribution in [2.45, 2.75) is 11.3 Å². The summed E-state index contributed by atoms with van der Waals surface area (Å²) in [5.74, 6) is -0.495. The summed E-state index contributed by atoms with van der Waals surface area (Å²) in [5, 5.41) is 0. The van der Waals surface area contributed by atoms with Gasteiger partial charge in [-0.2, -0.15) is 0 Å². The number of sulfonamides is 1. The quantitative estimate of drug-likeness (QED) is 0.941. The molecular formula is C12H9F3N2O3S. The molecule has 1 N–H and O–H groups in total. The van der Waals surface area contributed by atoms with E-state index in [1.54, 1.807) is 0 Å². The minimum absolute atomic E-state index is 0.186. The van der Waals surface area contributed by atoms with Gasteiger partial charge in [0.25, 0.3) is 10.0 Å². The Morgan fingerprint density at radius 3 is 2.10 bits per heavy atom. The molecule has 21 heavy (non-hydrogen) atoms. The molecule has 0 radical (unpaired) electrons. The Labute approximate surface area is 118 Å². The lowest BCUT2D eigenvalue weighted by molar-refractivity contribution is -0.274. The third kappa shape index (κ3) is 4.35. The molecule has 0 fully saturated rings. The number of rotatable bonds is 4. The SMILES string of the molecule is O=S(=O)(Nc1ccncc1)c1ccc(OC(F)(F)F)cc1. The molecule has 112 valence electrons. The van der Waals surface area contributed by atoms with Crippen molar-refractivity contribution in [3.63, 3.8) is 0 Å². The summed E-state index contributed by atoms with van der Waals surface area (Å²) in [4.78, 5) is 3.55. The molecule has 0 unspecified atom stereocenters. The van der Waals surface area contributed by atoms with E-state index in [0.29, 0.717) is 5.69 Å². The molecule has 0 aliphatic rings. The van der Waals surface area contributed by atoms with E-state index in [2.05, 4.69) is 14.4 Å². The second kappa shape index (κ2) is 5.60. The van der Waals surface area contributed by atoms with E-state index in [1.807, 2.05) is 0 Å². The number of ether oxygens (including phenoxy) is 1. The number of anilines is 1. The van der Waals surface area contributed by atoms with Gasteiger partial charge in [-0.15, -0.1) is 13.2 Å². The van der Waals surface area contributed by atoms with Crippen molar-refractivity contribution in [2.24, 2.45) is 0 Å². The van der Waals surface area contributed by atoms with Gasteiger partial charge in [0.2, 0.25) is 0 Å². The standard InChI is InChI=1S/C12H9F3N2O3S/c13-12(14,15)20-10-1-3-11(4-2-10)21(18,19)17-9-5-7-16-8-6-9/h1-8H,(H,16,17). The zero-order valence-corrected chi connectivity index (χ0v) is 11.1. The topological polar surface area (TPSA) is 68.3 Å². The van der Waals surface area contributed by atoms with Crippen molar-refractivity contribution in [1.29, 1.82) is 0 Å². The van der Waals surface area contributed by atoms with Crippen LogP contribution in [0.1, 0.15) is 0 Å². The van der Waals surface area contributed by atoms with Crippen LogP contribution in [0.3, 0.4) is 0 Å². The summed E-state index contributed by atoms with van der Waals surface area (Å²) in [7, 11) is -3.89. The number of alkyl halides is 3. The van der Waals surface area contributed by atoms with Crippen LogP contribution in [0, 0.1) is 0 Å². The van der Waals surface area contributed by atoms with Crippen LogP contribution in [0.15, 0.2) is 53.7 Å². The second-order valence-corrected chi connectivity index (χ2v) is 5.54. The van der Waals surface area contributed by atoms with Gasteiger partial charge in [0, 0.05) is 12.4 Å². The van der Waals surface area contributed by atoms with Gasteiger partial charge in [-0.05, 0) is 36.4 Å².